The summed E-state index contributed by atoms with van der Waals surface area (Å²) < 4.78 is 0. The molecule has 0 aliphatic rings. The van der Waals surface area contributed by atoms with Crippen LogP contribution in [0.5, 0.6) is 0 Å². The normalized spacial score (nSPS) is 10.2. The Morgan fingerprint density at radius 2 is 2.05 bits per heavy atom. The van der Waals surface area contributed by atoms with Crippen LogP contribution in [0.4, 0.5) is 5.13 Å². The first-order valence-electron chi connectivity index (χ1n) is 5.98. The van der Waals surface area contributed by atoms with E-state index < -0.39 is 5.97 Å². The number of nitrogens with one attached hydrogen (secondary N) is 1. The Labute approximate surface area is 119 Å². The molecule has 6 nitrogen and oxygen atoms in total. The highest BCUT2D eigenvalue weighted by molar-refractivity contribution is 7.13. The van der Waals surface area contributed by atoms with Gasteiger partial charge in [-0.3, -0.25) is 14.6 Å². The average Bonchev–Trinajstić information content (AvgIpc) is 2.84. The van der Waals surface area contributed by atoms with Crippen molar-refractivity contribution in [2.75, 3.05) is 5.32 Å². The van der Waals surface area contributed by atoms with Gasteiger partial charge in [0, 0.05) is 24.2 Å². The number of pyridine rings is 1. The molecule has 0 saturated carbocycles. The molecule has 0 bridgehead atoms. The Balaban J connectivity index is 1.82. The lowest BCUT2D eigenvalue weighted by atomic mass is 10.1. The zero-order valence-corrected chi connectivity index (χ0v) is 11.4. The van der Waals surface area contributed by atoms with E-state index >= 15 is 0 Å². The highest BCUT2D eigenvalue weighted by atomic mass is 32.1. The van der Waals surface area contributed by atoms with Gasteiger partial charge in [0.15, 0.2) is 5.13 Å². The fourth-order valence-electron chi connectivity index (χ4n) is 1.59. The van der Waals surface area contributed by atoms with E-state index in [0.717, 1.165) is 5.56 Å². The number of rotatable bonds is 6. The van der Waals surface area contributed by atoms with Gasteiger partial charge in [-0.15, -0.1) is 11.3 Å². The number of aryl methyl sites for hydroxylation is 1. The predicted molar refractivity (Wildman–Crippen MR) is 74.6 cm³/mol. The van der Waals surface area contributed by atoms with Crippen LogP contribution in [0.25, 0.3) is 0 Å². The molecule has 2 N–H and O–H groups in total. The van der Waals surface area contributed by atoms with Crippen LogP contribution in [0.2, 0.25) is 0 Å². The second kappa shape index (κ2) is 6.76. The van der Waals surface area contributed by atoms with E-state index in [0.29, 0.717) is 23.7 Å². The van der Waals surface area contributed by atoms with E-state index in [1.54, 1.807) is 17.8 Å². The second-order valence-electron chi connectivity index (χ2n) is 4.12. The molecule has 0 spiro atoms. The molecular weight excluding hydrogens is 278 g/mol. The molecule has 0 fully saturated rings. The van der Waals surface area contributed by atoms with Crippen LogP contribution in [0.15, 0.2) is 29.9 Å². The molecule has 0 unspecified atom stereocenters. The Morgan fingerprint density at radius 3 is 2.75 bits per heavy atom. The van der Waals surface area contributed by atoms with Crippen LogP contribution in [-0.4, -0.2) is 27.0 Å². The number of nitrogens with zero attached hydrogens (tertiary/aromatic N) is 2. The second-order valence-corrected chi connectivity index (χ2v) is 4.98. The first kappa shape index (κ1) is 14.1. The van der Waals surface area contributed by atoms with Crippen molar-refractivity contribution in [1.29, 1.82) is 0 Å². The molecule has 2 aromatic rings. The van der Waals surface area contributed by atoms with Crippen molar-refractivity contribution in [3.63, 3.8) is 0 Å². The molecule has 2 heterocycles. The highest BCUT2D eigenvalue weighted by Crippen LogP contribution is 2.16. The summed E-state index contributed by atoms with van der Waals surface area (Å²) in [4.78, 5) is 30.2. The Hall–Kier alpha value is -2.28. The zero-order chi connectivity index (χ0) is 14.4. The van der Waals surface area contributed by atoms with Crippen molar-refractivity contribution < 1.29 is 14.7 Å². The third kappa shape index (κ3) is 4.43. The number of anilines is 1. The van der Waals surface area contributed by atoms with E-state index in [4.69, 9.17) is 5.11 Å². The van der Waals surface area contributed by atoms with Crippen LogP contribution >= 0.6 is 11.3 Å². The molecule has 0 aliphatic heterocycles. The van der Waals surface area contributed by atoms with Crippen LogP contribution < -0.4 is 5.32 Å². The van der Waals surface area contributed by atoms with Gasteiger partial charge in [0.1, 0.15) is 0 Å². The number of hydrogen-bond acceptors (Lipinski definition) is 5. The van der Waals surface area contributed by atoms with Gasteiger partial charge in [-0.1, -0.05) is 0 Å². The topological polar surface area (TPSA) is 92.2 Å². The van der Waals surface area contributed by atoms with Crippen LogP contribution in [0.1, 0.15) is 17.7 Å². The van der Waals surface area contributed by atoms with Gasteiger partial charge in [0.05, 0.1) is 12.1 Å². The molecule has 0 saturated heterocycles. The first-order chi connectivity index (χ1) is 9.63. The number of aromatic nitrogens is 2. The Morgan fingerprint density at radius 1 is 1.30 bits per heavy atom. The van der Waals surface area contributed by atoms with Gasteiger partial charge >= 0.3 is 5.97 Å². The zero-order valence-electron chi connectivity index (χ0n) is 10.6. The van der Waals surface area contributed by atoms with Crippen LogP contribution in [-0.2, 0) is 22.4 Å². The summed E-state index contributed by atoms with van der Waals surface area (Å²) in [6.07, 6.45) is 4.21. The number of carbonyl (C=O) groups is 2. The molecule has 0 atom stereocenters. The van der Waals surface area contributed by atoms with E-state index in [9.17, 15) is 9.59 Å². The fourth-order valence-corrected chi connectivity index (χ4v) is 2.32. The number of carboxylic acids is 1. The summed E-state index contributed by atoms with van der Waals surface area (Å²) in [5.74, 6) is -1.08. The third-order valence-electron chi connectivity index (χ3n) is 2.52. The highest BCUT2D eigenvalue weighted by Gasteiger charge is 2.09. The number of carbonyl (C=O) groups excluding carboxylic acids is 1. The lowest BCUT2D eigenvalue weighted by Gasteiger charge is -2.01. The van der Waals surface area contributed by atoms with E-state index in [1.165, 1.54) is 11.3 Å². The molecular formula is C13H13N3O3S. The van der Waals surface area contributed by atoms with Gasteiger partial charge in [0.25, 0.3) is 0 Å². The molecule has 0 aliphatic carbocycles. The van der Waals surface area contributed by atoms with Crippen molar-refractivity contribution in [1.82, 2.24) is 9.97 Å². The standard InChI is InChI=1S/C13H13N3O3S/c17-11(2-1-9-3-5-14-6-4-9)16-13-15-10(8-20-13)7-12(18)19/h3-6,8H,1-2,7H2,(H,18,19)(H,15,16,17). The molecule has 2 aromatic heterocycles. The summed E-state index contributed by atoms with van der Waals surface area (Å²) in [5, 5.41) is 13.4. The largest absolute Gasteiger partial charge is 0.481 e. The first-order valence-corrected chi connectivity index (χ1v) is 6.86. The minimum Gasteiger partial charge on any atom is -0.481 e. The van der Waals surface area contributed by atoms with E-state index in [2.05, 4.69) is 15.3 Å². The monoisotopic (exact) mass is 291 g/mol. The van der Waals surface area contributed by atoms with Crippen molar-refractivity contribution in [2.45, 2.75) is 19.3 Å². The molecule has 0 aromatic carbocycles. The minimum absolute atomic E-state index is 0.136. The Bertz CT molecular complexity index is 598. The Kier molecular flexibility index (Phi) is 4.78. The minimum atomic E-state index is -0.939. The fraction of sp³-hybridized carbons (Fsp3) is 0.231. The lowest BCUT2D eigenvalue weighted by molar-refractivity contribution is -0.136. The summed E-state index contributed by atoms with van der Waals surface area (Å²) >= 11 is 1.23. The maximum Gasteiger partial charge on any atom is 0.309 e. The molecule has 2 rings (SSSR count). The summed E-state index contributed by atoms with van der Waals surface area (Å²) in [7, 11) is 0. The van der Waals surface area contributed by atoms with Gasteiger partial charge in [0.2, 0.25) is 5.91 Å². The number of thiazole rings is 1. The number of aliphatic carboxylic acids is 1. The predicted octanol–water partition coefficient (Wildman–Crippen LogP) is 1.74. The van der Waals surface area contributed by atoms with E-state index in [1.807, 2.05) is 12.1 Å². The van der Waals surface area contributed by atoms with E-state index in [-0.39, 0.29) is 12.3 Å². The van der Waals surface area contributed by atoms with Crippen molar-refractivity contribution in [2.24, 2.45) is 0 Å². The molecule has 7 heteroatoms. The summed E-state index contributed by atoms with van der Waals surface area (Å²) in [6, 6.07) is 3.73. The average molecular weight is 291 g/mol. The van der Waals surface area contributed by atoms with Crippen molar-refractivity contribution in [3.8, 4) is 0 Å². The lowest BCUT2D eigenvalue weighted by Crippen LogP contribution is -2.12. The van der Waals surface area contributed by atoms with Gasteiger partial charge in [-0.05, 0) is 24.1 Å². The van der Waals surface area contributed by atoms with Crippen molar-refractivity contribution >= 4 is 28.3 Å². The molecule has 20 heavy (non-hydrogen) atoms. The summed E-state index contributed by atoms with van der Waals surface area (Å²) in [5.41, 5.74) is 1.49. The maximum absolute atomic E-state index is 11.7. The van der Waals surface area contributed by atoms with Crippen LogP contribution in [0.3, 0.4) is 0 Å². The summed E-state index contributed by atoms with van der Waals surface area (Å²) in [6.45, 7) is 0. The SMILES string of the molecule is O=C(O)Cc1csc(NC(=O)CCc2ccncc2)n1. The molecule has 1 amide bonds. The molecule has 104 valence electrons. The van der Waals surface area contributed by atoms with Gasteiger partial charge in [-0.2, -0.15) is 0 Å². The smallest absolute Gasteiger partial charge is 0.309 e. The van der Waals surface area contributed by atoms with Gasteiger partial charge in [-0.25, -0.2) is 4.98 Å². The number of amides is 1. The van der Waals surface area contributed by atoms with Crippen LogP contribution in [0, 0.1) is 0 Å². The quantitative estimate of drug-likeness (QED) is 0.845. The number of hydrogen-bond donors (Lipinski definition) is 2. The maximum atomic E-state index is 11.7. The van der Waals surface area contributed by atoms with Crippen molar-refractivity contribution in [3.05, 3.63) is 41.2 Å². The molecule has 0 radical (unpaired) electrons. The van der Waals surface area contributed by atoms with Gasteiger partial charge < -0.3 is 10.4 Å². The number of carboxylic acid groups (broad SMARTS) is 1. The third-order valence-corrected chi connectivity index (χ3v) is 3.33.